The number of benzene rings is 1. The lowest BCUT2D eigenvalue weighted by molar-refractivity contribution is 0.112. The maximum Gasteiger partial charge on any atom is 0.394 e. The number of rotatable bonds is 1. The van der Waals surface area contributed by atoms with Crippen LogP contribution in [0, 0.1) is 0 Å². The Kier molecular flexibility index (Phi) is 4.90. The molecule has 72 valence electrons. The third-order valence-electron chi connectivity index (χ3n) is 0.936. The highest BCUT2D eigenvalue weighted by molar-refractivity contribution is 7.79. The van der Waals surface area contributed by atoms with E-state index in [9.17, 15) is 4.79 Å². The molecule has 0 aliphatic heterocycles. The van der Waals surface area contributed by atoms with Crippen molar-refractivity contribution >= 4 is 16.7 Å². The molecule has 0 fully saturated rings. The van der Waals surface area contributed by atoms with Gasteiger partial charge in [0, 0.05) is 5.56 Å². The van der Waals surface area contributed by atoms with Crippen LogP contribution in [0.15, 0.2) is 30.3 Å². The number of hydrogen-bond donors (Lipinski definition) is 2. The molecular formula is C7H8O5S. The highest BCUT2D eigenvalue weighted by Crippen LogP contribution is 1.91. The van der Waals surface area contributed by atoms with E-state index in [0.29, 0.717) is 0 Å². The number of carbonyl (C=O) groups excluding carboxylic acids is 1. The molecule has 2 N–H and O–H groups in total. The second kappa shape index (κ2) is 5.41. The fourth-order valence-corrected chi connectivity index (χ4v) is 0.532. The van der Waals surface area contributed by atoms with Crippen molar-refractivity contribution in [3.05, 3.63) is 35.9 Å². The summed E-state index contributed by atoms with van der Waals surface area (Å²) in [6.07, 6.45) is 0.833. The number of hydrogen-bond acceptors (Lipinski definition) is 3. The molecule has 0 radical (unpaired) electrons. The Morgan fingerprint density at radius 2 is 1.46 bits per heavy atom. The molecule has 0 heterocycles. The van der Waals surface area contributed by atoms with Crippen LogP contribution in [-0.2, 0) is 10.4 Å². The fraction of sp³-hybridized carbons (Fsp3) is 0. The van der Waals surface area contributed by atoms with Crippen LogP contribution in [0.5, 0.6) is 0 Å². The van der Waals surface area contributed by atoms with Crippen LogP contribution in [0.25, 0.3) is 0 Å². The van der Waals surface area contributed by atoms with E-state index in [1.807, 2.05) is 18.2 Å². The predicted molar refractivity (Wildman–Crippen MR) is 46.0 cm³/mol. The van der Waals surface area contributed by atoms with Crippen molar-refractivity contribution in [2.45, 2.75) is 0 Å². The first-order valence-corrected chi connectivity index (χ1v) is 4.53. The van der Waals surface area contributed by atoms with E-state index in [2.05, 4.69) is 0 Å². The summed E-state index contributed by atoms with van der Waals surface area (Å²) in [5.74, 6) is 0. The zero-order valence-corrected chi connectivity index (χ0v) is 7.31. The lowest BCUT2D eigenvalue weighted by atomic mass is 10.2. The highest BCUT2D eigenvalue weighted by atomic mass is 32.3. The molecule has 0 amide bonds. The van der Waals surface area contributed by atoms with Gasteiger partial charge >= 0.3 is 10.4 Å². The Morgan fingerprint density at radius 3 is 1.69 bits per heavy atom. The highest BCUT2D eigenvalue weighted by Gasteiger charge is 1.84. The van der Waals surface area contributed by atoms with Crippen molar-refractivity contribution in [1.82, 2.24) is 0 Å². The minimum atomic E-state index is -4.67. The second-order valence-corrected chi connectivity index (χ2v) is 2.87. The van der Waals surface area contributed by atoms with Gasteiger partial charge in [-0.2, -0.15) is 8.42 Å². The molecule has 0 saturated carbocycles. The van der Waals surface area contributed by atoms with Gasteiger partial charge in [-0.3, -0.25) is 13.9 Å². The molecule has 1 aromatic rings. The molecule has 1 rings (SSSR count). The molecule has 0 aliphatic rings. The van der Waals surface area contributed by atoms with E-state index in [0.717, 1.165) is 11.8 Å². The van der Waals surface area contributed by atoms with Gasteiger partial charge in [0.25, 0.3) is 0 Å². The maximum absolute atomic E-state index is 10.0. The summed E-state index contributed by atoms with van der Waals surface area (Å²) < 4.78 is 31.6. The lowest BCUT2D eigenvalue weighted by Gasteiger charge is -1.81. The van der Waals surface area contributed by atoms with Crippen molar-refractivity contribution in [2.24, 2.45) is 0 Å². The third kappa shape index (κ3) is 10.8. The van der Waals surface area contributed by atoms with Gasteiger partial charge in [0.05, 0.1) is 0 Å². The largest absolute Gasteiger partial charge is 0.394 e. The first kappa shape index (κ1) is 11.8. The van der Waals surface area contributed by atoms with Crippen LogP contribution in [-0.4, -0.2) is 23.8 Å². The molecule has 5 nitrogen and oxygen atoms in total. The van der Waals surface area contributed by atoms with Gasteiger partial charge in [0.15, 0.2) is 0 Å². The summed E-state index contributed by atoms with van der Waals surface area (Å²) in [7, 11) is -4.67. The Morgan fingerprint density at radius 1 is 1.08 bits per heavy atom. The minimum Gasteiger partial charge on any atom is -0.298 e. The summed E-state index contributed by atoms with van der Waals surface area (Å²) in [4.78, 5) is 10.0. The van der Waals surface area contributed by atoms with Crippen molar-refractivity contribution in [2.75, 3.05) is 0 Å². The predicted octanol–water partition coefficient (Wildman–Crippen LogP) is 0.846. The van der Waals surface area contributed by atoms with Gasteiger partial charge in [-0.15, -0.1) is 0 Å². The molecule has 0 saturated heterocycles. The van der Waals surface area contributed by atoms with Gasteiger partial charge in [0.2, 0.25) is 0 Å². The topological polar surface area (TPSA) is 91.7 Å². The standard InChI is InChI=1S/C7H6O.H2O4S/c8-6-7-4-2-1-3-5-7;1-5(2,3)4/h1-6H;(H2,1,2,3,4). The number of aldehydes is 1. The van der Waals surface area contributed by atoms with Gasteiger partial charge in [-0.05, 0) is 0 Å². The van der Waals surface area contributed by atoms with Crippen LogP contribution < -0.4 is 0 Å². The molecule has 6 heteroatoms. The molecule has 0 aromatic heterocycles. The first-order chi connectivity index (χ1) is 5.93. The van der Waals surface area contributed by atoms with Crippen molar-refractivity contribution in [3.63, 3.8) is 0 Å². The zero-order chi connectivity index (χ0) is 10.3. The van der Waals surface area contributed by atoms with E-state index >= 15 is 0 Å². The number of carbonyl (C=O) groups is 1. The second-order valence-electron chi connectivity index (χ2n) is 1.98. The average Bonchev–Trinajstić information content (AvgIpc) is 2.03. The SMILES string of the molecule is O=Cc1ccccc1.O=S(=O)(O)O. The molecule has 0 aliphatic carbocycles. The van der Waals surface area contributed by atoms with E-state index in [-0.39, 0.29) is 0 Å². The van der Waals surface area contributed by atoms with Crippen LogP contribution >= 0.6 is 0 Å². The monoisotopic (exact) mass is 204 g/mol. The summed E-state index contributed by atoms with van der Waals surface area (Å²) >= 11 is 0. The maximum atomic E-state index is 10.0. The van der Waals surface area contributed by atoms with Crippen molar-refractivity contribution in [1.29, 1.82) is 0 Å². The summed E-state index contributed by atoms with van der Waals surface area (Å²) in [5.41, 5.74) is 0.729. The molecule has 0 bridgehead atoms. The summed E-state index contributed by atoms with van der Waals surface area (Å²) in [6, 6.07) is 9.10. The fourth-order valence-electron chi connectivity index (χ4n) is 0.532. The Hall–Kier alpha value is -1.24. The molecule has 0 unspecified atom stereocenters. The summed E-state index contributed by atoms with van der Waals surface area (Å²) in [5, 5.41) is 0. The molecule has 0 atom stereocenters. The van der Waals surface area contributed by atoms with Gasteiger partial charge in [-0.25, -0.2) is 0 Å². The van der Waals surface area contributed by atoms with Crippen LogP contribution in [0.1, 0.15) is 10.4 Å². The van der Waals surface area contributed by atoms with Crippen molar-refractivity contribution in [3.8, 4) is 0 Å². The minimum absolute atomic E-state index is 0.729. The van der Waals surface area contributed by atoms with Gasteiger partial charge in [-0.1, -0.05) is 30.3 Å². The van der Waals surface area contributed by atoms with Crippen LogP contribution in [0.2, 0.25) is 0 Å². The zero-order valence-electron chi connectivity index (χ0n) is 6.49. The molecule has 13 heavy (non-hydrogen) atoms. The Labute approximate surface area is 75.6 Å². The van der Waals surface area contributed by atoms with Crippen LogP contribution in [0.3, 0.4) is 0 Å². The first-order valence-electron chi connectivity index (χ1n) is 3.13. The van der Waals surface area contributed by atoms with E-state index in [4.69, 9.17) is 17.5 Å². The molecular weight excluding hydrogens is 196 g/mol. The normalized spacial score (nSPS) is 9.69. The van der Waals surface area contributed by atoms with Gasteiger partial charge < -0.3 is 0 Å². The van der Waals surface area contributed by atoms with Crippen LogP contribution in [0.4, 0.5) is 0 Å². The Bertz CT molecular complexity index is 334. The average molecular weight is 204 g/mol. The van der Waals surface area contributed by atoms with E-state index < -0.39 is 10.4 Å². The van der Waals surface area contributed by atoms with Gasteiger partial charge in [0.1, 0.15) is 6.29 Å². The van der Waals surface area contributed by atoms with E-state index in [1.54, 1.807) is 12.1 Å². The quantitative estimate of drug-likeness (QED) is 0.522. The lowest BCUT2D eigenvalue weighted by Crippen LogP contribution is -1.89. The summed E-state index contributed by atoms with van der Waals surface area (Å²) in [6.45, 7) is 0. The smallest absolute Gasteiger partial charge is 0.298 e. The van der Waals surface area contributed by atoms with Crippen molar-refractivity contribution < 1.29 is 22.3 Å². The molecule has 1 aromatic carbocycles. The van der Waals surface area contributed by atoms with E-state index in [1.165, 1.54) is 0 Å². The molecule has 0 spiro atoms. The Balaban J connectivity index is 0.000000252. The third-order valence-corrected chi connectivity index (χ3v) is 0.936.